The van der Waals surface area contributed by atoms with Crippen molar-refractivity contribution in [3.8, 4) is 0 Å². The number of carbonyl (C=O) groups is 1. The van der Waals surface area contributed by atoms with Crippen molar-refractivity contribution in [3.05, 3.63) is 24.0 Å². The van der Waals surface area contributed by atoms with E-state index in [-0.39, 0.29) is 10.7 Å². The standard InChI is InChI=1S/C10H11BrN2O/c1-7-5-12-3-2-9(7)13-6-8(11)4-10(13)14/h2-3,5,8H,4,6H2,1H3. The van der Waals surface area contributed by atoms with Crippen LogP contribution in [0.4, 0.5) is 5.69 Å². The lowest BCUT2D eigenvalue weighted by molar-refractivity contribution is -0.117. The molecule has 0 spiro atoms. The van der Waals surface area contributed by atoms with Gasteiger partial charge in [0, 0.05) is 35.9 Å². The Kier molecular flexibility index (Phi) is 2.54. The van der Waals surface area contributed by atoms with Crippen LogP contribution in [0.1, 0.15) is 12.0 Å². The largest absolute Gasteiger partial charge is 0.311 e. The van der Waals surface area contributed by atoms with Crippen LogP contribution in [0.5, 0.6) is 0 Å². The average molecular weight is 255 g/mol. The third-order valence-corrected chi connectivity index (χ3v) is 2.97. The van der Waals surface area contributed by atoms with E-state index in [0.29, 0.717) is 6.42 Å². The molecule has 1 unspecified atom stereocenters. The number of anilines is 1. The van der Waals surface area contributed by atoms with E-state index < -0.39 is 0 Å². The lowest BCUT2D eigenvalue weighted by Crippen LogP contribution is -2.25. The van der Waals surface area contributed by atoms with Crippen LogP contribution in [0.15, 0.2) is 18.5 Å². The molecule has 1 saturated heterocycles. The fraction of sp³-hybridized carbons (Fsp3) is 0.400. The summed E-state index contributed by atoms with van der Waals surface area (Å²) in [4.78, 5) is 17.7. The zero-order chi connectivity index (χ0) is 10.1. The molecule has 1 aliphatic heterocycles. The van der Waals surface area contributed by atoms with E-state index in [4.69, 9.17) is 0 Å². The van der Waals surface area contributed by atoms with Crippen LogP contribution >= 0.6 is 15.9 Å². The molecule has 14 heavy (non-hydrogen) atoms. The fourth-order valence-electron chi connectivity index (χ4n) is 1.67. The van der Waals surface area contributed by atoms with Crippen LogP contribution in [0.2, 0.25) is 0 Å². The Morgan fingerprint density at radius 3 is 3.00 bits per heavy atom. The molecule has 4 heteroatoms. The summed E-state index contributed by atoms with van der Waals surface area (Å²) in [6, 6.07) is 1.89. The number of aromatic nitrogens is 1. The Morgan fingerprint density at radius 2 is 2.43 bits per heavy atom. The second kappa shape index (κ2) is 3.69. The second-order valence-corrected chi connectivity index (χ2v) is 4.76. The summed E-state index contributed by atoms with van der Waals surface area (Å²) in [6.45, 7) is 2.72. The smallest absolute Gasteiger partial charge is 0.228 e. The van der Waals surface area contributed by atoms with Gasteiger partial charge < -0.3 is 4.90 Å². The zero-order valence-corrected chi connectivity index (χ0v) is 9.49. The molecule has 2 rings (SSSR count). The van der Waals surface area contributed by atoms with Gasteiger partial charge in [-0.3, -0.25) is 9.78 Å². The van der Waals surface area contributed by atoms with Crippen molar-refractivity contribution in [3.63, 3.8) is 0 Å². The second-order valence-electron chi connectivity index (χ2n) is 3.47. The molecule has 2 heterocycles. The Morgan fingerprint density at radius 1 is 1.64 bits per heavy atom. The van der Waals surface area contributed by atoms with Crippen LogP contribution < -0.4 is 4.90 Å². The highest BCUT2D eigenvalue weighted by Crippen LogP contribution is 2.26. The first-order chi connectivity index (χ1) is 6.68. The molecule has 0 N–H and O–H groups in total. The quantitative estimate of drug-likeness (QED) is 0.718. The number of carbonyl (C=O) groups excluding carboxylic acids is 1. The minimum Gasteiger partial charge on any atom is -0.311 e. The third kappa shape index (κ3) is 1.66. The van der Waals surface area contributed by atoms with Gasteiger partial charge in [0.05, 0.1) is 0 Å². The van der Waals surface area contributed by atoms with Crippen LogP contribution in [-0.2, 0) is 4.79 Å². The molecule has 0 aromatic carbocycles. The molecule has 0 saturated carbocycles. The summed E-state index contributed by atoms with van der Waals surface area (Å²) in [7, 11) is 0. The normalized spacial score (nSPS) is 21.7. The Balaban J connectivity index is 2.32. The number of alkyl halides is 1. The molecule has 0 radical (unpaired) electrons. The Bertz CT molecular complexity index is 367. The van der Waals surface area contributed by atoms with Crippen molar-refractivity contribution in [2.24, 2.45) is 0 Å². The number of hydrogen-bond donors (Lipinski definition) is 0. The highest BCUT2D eigenvalue weighted by molar-refractivity contribution is 9.09. The minimum atomic E-state index is 0.182. The van der Waals surface area contributed by atoms with Crippen molar-refractivity contribution in [2.45, 2.75) is 18.2 Å². The molecule has 1 fully saturated rings. The topological polar surface area (TPSA) is 33.2 Å². The third-order valence-electron chi connectivity index (χ3n) is 2.36. The molecule has 0 aliphatic carbocycles. The van der Waals surface area contributed by atoms with Crippen LogP contribution in [0.3, 0.4) is 0 Å². The van der Waals surface area contributed by atoms with Crippen molar-refractivity contribution >= 4 is 27.5 Å². The Hall–Kier alpha value is -0.900. The van der Waals surface area contributed by atoms with Crippen molar-refractivity contribution in [1.82, 2.24) is 4.98 Å². The summed E-state index contributed by atoms with van der Waals surface area (Å²) in [5, 5.41) is 0. The molecule has 1 aromatic rings. The van der Waals surface area contributed by atoms with Gasteiger partial charge in [-0.25, -0.2) is 0 Å². The van der Waals surface area contributed by atoms with Crippen LogP contribution in [0, 0.1) is 6.92 Å². The van der Waals surface area contributed by atoms with Crippen LogP contribution in [0.25, 0.3) is 0 Å². The molecule has 74 valence electrons. The van der Waals surface area contributed by atoms with Gasteiger partial charge in [-0.05, 0) is 18.6 Å². The fourth-order valence-corrected chi connectivity index (χ4v) is 2.23. The number of rotatable bonds is 1. The molecular formula is C10H11BrN2O. The predicted molar refractivity (Wildman–Crippen MR) is 58.7 cm³/mol. The van der Waals surface area contributed by atoms with E-state index in [9.17, 15) is 4.79 Å². The number of nitrogens with zero attached hydrogens (tertiary/aromatic N) is 2. The van der Waals surface area contributed by atoms with Crippen LogP contribution in [-0.4, -0.2) is 22.3 Å². The number of pyridine rings is 1. The Labute approximate surface area is 91.3 Å². The highest BCUT2D eigenvalue weighted by atomic mass is 79.9. The summed E-state index contributed by atoms with van der Waals surface area (Å²) in [5.74, 6) is 0.182. The lowest BCUT2D eigenvalue weighted by Gasteiger charge is -2.17. The van der Waals surface area contributed by atoms with E-state index in [0.717, 1.165) is 17.8 Å². The maximum absolute atomic E-state index is 11.6. The van der Waals surface area contributed by atoms with Gasteiger partial charge in [0.25, 0.3) is 0 Å². The van der Waals surface area contributed by atoms with Gasteiger partial charge in [0.2, 0.25) is 5.91 Å². The first-order valence-corrected chi connectivity index (χ1v) is 5.45. The molecule has 1 amide bonds. The number of amides is 1. The van der Waals surface area contributed by atoms with E-state index >= 15 is 0 Å². The van der Waals surface area contributed by atoms with Gasteiger partial charge in [-0.1, -0.05) is 15.9 Å². The number of aryl methyl sites for hydroxylation is 1. The maximum atomic E-state index is 11.6. The van der Waals surface area contributed by atoms with E-state index in [1.807, 2.05) is 17.9 Å². The summed E-state index contributed by atoms with van der Waals surface area (Å²) in [5.41, 5.74) is 2.02. The van der Waals surface area contributed by atoms with Gasteiger partial charge in [0.1, 0.15) is 0 Å². The molecule has 1 aromatic heterocycles. The van der Waals surface area contributed by atoms with Gasteiger partial charge in [-0.15, -0.1) is 0 Å². The number of hydrogen-bond acceptors (Lipinski definition) is 2. The minimum absolute atomic E-state index is 0.182. The van der Waals surface area contributed by atoms with Crippen molar-refractivity contribution < 1.29 is 4.79 Å². The molecule has 0 bridgehead atoms. The highest BCUT2D eigenvalue weighted by Gasteiger charge is 2.29. The monoisotopic (exact) mass is 254 g/mol. The van der Waals surface area contributed by atoms with Gasteiger partial charge in [0.15, 0.2) is 0 Å². The van der Waals surface area contributed by atoms with Gasteiger partial charge in [-0.2, -0.15) is 0 Å². The lowest BCUT2D eigenvalue weighted by atomic mass is 10.2. The molecular weight excluding hydrogens is 244 g/mol. The van der Waals surface area contributed by atoms with Crippen molar-refractivity contribution in [2.75, 3.05) is 11.4 Å². The summed E-state index contributed by atoms with van der Waals surface area (Å²) >= 11 is 3.46. The maximum Gasteiger partial charge on any atom is 0.228 e. The predicted octanol–water partition coefficient (Wildman–Crippen LogP) is 1.89. The van der Waals surface area contributed by atoms with E-state index in [2.05, 4.69) is 20.9 Å². The van der Waals surface area contributed by atoms with E-state index in [1.54, 1.807) is 12.4 Å². The van der Waals surface area contributed by atoms with E-state index in [1.165, 1.54) is 0 Å². The molecule has 1 atom stereocenters. The molecule has 1 aliphatic rings. The SMILES string of the molecule is Cc1cnccc1N1CC(Br)CC1=O. The molecule has 3 nitrogen and oxygen atoms in total. The summed E-state index contributed by atoms with van der Waals surface area (Å²) in [6.07, 6.45) is 4.09. The van der Waals surface area contributed by atoms with Gasteiger partial charge >= 0.3 is 0 Å². The number of halogens is 1. The zero-order valence-electron chi connectivity index (χ0n) is 7.90. The first-order valence-electron chi connectivity index (χ1n) is 4.53. The van der Waals surface area contributed by atoms with Crippen molar-refractivity contribution in [1.29, 1.82) is 0 Å². The first kappa shape index (κ1) is 9.65. The summed E-state index contributed by atoms with van der Waals surface area (Å²) < 4.78 is 0. The average Bonchev–Trinajstić information content (AvgIpc) is 2.46.